The van der Waals surface area contributed by atoms with E-state index in [1.165, 1.54) is 18.5 Å². The van der Waals surface area contributed by atoms with Crippen molar-refractivity contribution in [1.82, 2.24) is 19.6 Å². The summed E-state index contributed by atoms with van der Waals surface area (Å²) in [6.45, 7) is 8.22. The summed E-state index contributed by atoms with van der Waals surface area (Å²) in [5, 5.41) is 14.7. The first kappa shape index (κ1) is 17.8. The third kappa shape index (κ3) is 3.87. The number of aliphatic hydroxyl groups is 1. The molecule has 1 N–H and O–H groups in total. The number of fused-ring (bicyclic) bond motifs is 1. The highest BCUT2D eigenvalue weighted by Crippen LogP contribution is 2.25. The number of aliphatic hydroxyl groups excluding tert-OH is 1. The van der Waals surface area contributed by atoms with Crippen LogP contribution in [-0.4, -0.2) is 50.4 Å². The SMILES string of the molecule is CC[C@@H](O)c1cc2n(n1)CCCN(C1CCN(Cc3ccco3)CC1)C2. The van der Waals surface area contributed by atoms with Crippen molar-refractivity contribution in [2.75, 3.05) is 19.6 Å². The monoisotopic (exact) mass is 358 g/mol. The Hall–Kier alpha value is -1.63. The molecule has 6 nitrogen and oxygen atoms in total. The van der Waals surface area contributed by atoms with Crippen LogP contribution in [0, 0.1) is 0 Å². The molecule has 0 aliphatic carbocycles. The quantitative estimate of drug-likeness (QED) is 0.891. The van der Waals surface area contributed by atoms with Crippen LogP contribution in [0.2, 0.25) is 0 Å². The van der Waals surface area contributed by atoms with E-state index in [1.807, 2.05) is 13.0 Å². The van der Waals surface area contributed by atoms with Gasteiger partial charge in [-0.05, 0) is 43.9 Å². The minimum atomic E-state index is -0.437. The molecular weight excluding hydrogens is 328 g/mol. The van der Waals surface area contributed by atoms with Crippen molar-refractivity contribution in [3.63, 3.8) is 0 Å². The van der Waals surface area contributed by atoms with Gasteiger partial charge in [0, 0.05) is 38.8 Å². The van der Waals surface area contributed by atoms with Gasteiger partial charge in [0.25, 0.3) is 0 Å². The lowest BCUT2D eigenvalue weighted by atomic mass is 10.0. The Morgan fingerprint density at radius 3 is 2.85 bits per heavy atom. The van der Waals surface area contributed by atoms with E-state index in [4.69, 9.17) is 4.42 Å². The van der Waals surface area contributed by atoms with Gasteiger partial charge in [-0.25, -0.2) is 0 Å². The molecule has 0 unspecified atom stereocenters. The summed E-state index contributed by atoms with van der Waals surface area (Å²) in [7, 11) is 0. The van der Waals surface area contributed by atoms with Gasteiger partial charge in [0.15, 0.2) is 0 Å². The van der Waals surface area contributed by atoms with Crippen LogP contribution < -0.4 is 0 Å². The molecule has 0 radical (unpaired) electrons. The fourth-order valence-corrected chi connectivity index (χ4v) is 4.26. The van der Waals surface area contributed by atoms with Crippen molar-refractivity contribution in [3.8, 4) is 0 Å². The molecule has 6 heteroatoms. The fourth-order valence-electron chi connectivity index (χ4n) is 4.26. The number of nitrogens with zero attached hydrogens (tertiary/aromatic N) is 4. The van der Waals surface area contributed by atoms with E-state index in [-0.39, 0.29) is 0 Å². The van der Waals surface area contributed by atoms with E-state index in [0.29, 0.717) is 12.5 Å². The number of hydrogen-bond acceptors (Lipinski definition) is 5. The zero-order chi connectivity index (χ0) is 17.9. The maximum absolute atomic E-state index is 10.1. The maximum Gasteiger partial charge on any atom is 0.117 e. The average molecular weight is 358 g/mol. The second kappa shape index (κ2) is 7.94. The Labute approximate surface area is 155 Å². The summed E-state index contributed by atoms with van der Waals surface area (Å²) in [5.74, 6) is 1.06. The Kier molecular flexibility index (Phi) is 5.43. The van der Waals surface area contributed by atoms with Crippen LogP contribution in [0.4, 0.5) is 0 Å². The lowest BCUT2D eigenvalue weighted by molar-refractivity contribution is 0.0963. The van der Waals surface area contributed by atoms with Gasteiger partial charge in [-0.15, -0.1) is 0 Å². The van der Waals surface area contributed by atoms with Crippen LogP contribution in [0.1, 0.15) is 55.9 Å². The van der Waals surface area contributed by atoms with Gasteiger partial charge in [-0.3, -0.25) is 14.5 Å². The first-order valence-electron chi connectivity index (χ1n) is 9.96. The average Bonchev–Trinajstić information content (AvgIpc) is 3.27. The molecule has 2 aliphatic heterocycles. The Morgan fingerprint density at radius 2 is 2.12 bits per heavy atom. The fraction of sp³-hybridized carbons (Fsp3) is 0.650. The normalized spacial score (nSPS) is 21.5. The van der Waals surface area contributed by atoms with E-state index in [2.05, 4.69) is 31.7 Å². The molecule has 2 aromatic rings. The van der Waals surface area contributed by atoms with Gasteiger partial charge in [0.1, 0.15) is 5.76 Å². The number of furan rings is 1. The number of hydrogen-bond donors (Lipinski definition) is 1. The van der Waals surface area contributed by atoms with Gasteiger partial charge in [0.05, 0.1) is 30.3 Å². The van der Waals surface area contributed by atoms with Crippen molar-refractivity contribution in [1.29, 1.82) is 0 Å². The maximum atomic E-state index is 10.1. The minimum absolute atomic E-state index is 0.437. The van der Waals surface area contributed by atoms with Crippen molar-refractivity contribution < 1.29 is 9.52 Å². The van der Waals surface area contributed by atoms with Crippen LogP contribution in [-0.2, 0) is 19.6 Å². The second-order valence-electron chi connectivity index (χ2n) is 7.62. The molecule has 0 aromatic carbocycles. The van der Waals surface area contributed by atoms with E-state index in [1.54, 1.807) is 6.26 Å². The van der Waals surface area contributed by atoms with Crippen LogP contribution in [0.5, 0.6) is 0 Å². The van der Waals surface area contributed by atoms with Gasteiger partial charge in [-0.1, -0.05) is 6.92 Å². The highest BCUT2D eigenvalue weighted by atomic mass is 16.3. The van der Waals surface area contributed by atoms with Gasteiger partial charge in [-0.2, -0.15) is 5.10 Å². The predicted octanol–water partition coefficient (Wildman–Crippen LogP) is 2.79. The molecule has 1 saturated heterocycles. The van der Waals surface area contributed by atoms with E-state index in [0.717, 1.165) is 57.1 Å². The molecule has 0 amide bonds. The van der Waals surface area contributed by atoms with Crippen LogP contribution in [0.3, 0.4) is 0 Å². The predicted molar refractivity (Wildman–Crippen MR) is 99.5 cm³/mol. The molecule has 2 aliphatic rings. The highest BCUT2D eigenvalue weighted by molar-refractivity contribution is 5.14. The lowest BCUT2D eigenvalue weighted by Gasteiger charge is -2.37. The van der Waals surface area contributed by atoms with Crippen LogP contribution in [0.15, 0.2) is 28.9 Å². The van der Waals surface area contributed by atoms with Crippen LogP contribution >= 0.6 is 0 Å². The van der Waals surface area contributed by atoms with Crippen molar-refractivity contribution in [3.05, 3.63) is 41.6 Å². The van der Waals surface area contributed by atoms with Gasteiger partial charge in [0.2, 0.25) is 0 Å². The number of aromatic nitrogens is 2. The van der Waals surface area contributed by atoms with Gasteiger partial charge >= 0.3 is 0 Å². The summed E-state index contributed by atoms with van der Waals surface area (Å²) >= 11 is 0. The Balaban J connectivity index is 1.36. The van der Waals surface area contributed by atoms with E-state index in [9.17, 15) is 5.11 Å². The summed E-state index contributed by atoms with van der Waals surface area (Å²) in [5.41, 5.74) is 2.08. The first-order valence-corrected chi connectivity index (χ1v) is 9.96. The molecule has 0 spiro atoms. The molecule has 1 atom stereocenters. The zero-order valence-corrected chi connectivity index (χ0v) is 15.7. The summed E-state index contributed by atoms with van der Waals surface area (Å²) < 4.78 is 7.59. The minimum Gasteiger partial charge on any atom is -0.468 e. The van der Waals surface area contributed by atoms with Crippen molar-refractivity contribution in [2.45, 2.75) is 64.4 Å². The zero-order valence-electron chi connectivity index (χ0n) is 15.7. The summed E-state index contributed by atoms with van der Waals surface area (Å²) in [6.07, 6.45) is 5.58. The molecule has 1 fully saturated rings. The number of aryl methyl sites for hydroxylation is 1. The molecule has 0 bridgehead atoms. The number of likely N-dealkylation sites (tertiary alicyclic amines) is 1. The third-order valence-electron chi connectivity index (χ3n) is 5.82. The lowest BCUT2D eigenvalue weighted by Crippen LogP contribution is -2.44. The molecule has 0 saturated carbocycles. The first-order chi connectivity index (χ1) is 12.7. The number of rotatable bonds is 5. The van der Waals surface area contributed by atoms with Crippen LogP contribution in [0.25, 0.3) is 0 Å². The Morgan fingerprint density at radius 1 is 1.27 bits per heavy atom. The van der Waals surface area contributed by atoms with E-state index < -0.39 is 6.10 Å². The molecule has 26 heavy (non-hydrogen) atoms. The molecule has 2 aromatic heterocycles. The van der Waals surface area contributed by atoms with Gasteiger partial charge < -0.3 is 9.52 Å². The van der Waals surface area contributed by atoms with E-state index >= 15 is 0 Å². The summed E-state index contributed by atoms with van der Waals surface area (Å²) in [4.78, 5) is 5.12. The Bertz CT molecular complexity index is 689. The van der Waals surface area contributed by atoms with Crippen molar-refractivity contribution in [2.24, 2.45) is 0 Å². The molecule has 142 valence electrons. The molecule has 4 rings (SSSR count). The topological polar surface area (TPSA) is 57.7 Å². The standard InChI is InChI=1S/C20H30N4O2/c1-2-20(25)19-13-17-14-23(8-4-9-24(17)21-19)16-6-10-22(11-7-16)15-18-5-3-12-26-18/h3,5,12-13,16,20,25H,2,4,6-11,14-15H2,1H3/t20-/m1/s1. The second-order valence-corrected chi connectivity index (χ2v) is 7.62. The summed E-state index contributed by atoms with van der Waals surface area (Å²) in [6, 6.07) is 6.78. The van der Waals surface area contributed by atoms with Crippen molar-refractivity contribution >= 4 is 0 Å². The molecular formula is C20H30N4O2. The highest BCUT2D eigenvalue weighted by Gasteiger charge is 2.27. The molecule has 4 heterocycles. The smallest absolute Gasteiger partial charge is 0.117 e. The largest absolute Gasteiger partial charge is 0.468 e. The number of piperidine rings is 1. The third-order valence-corrected chi connectivity index (χ3v) is 5.82.